The van der Waals surface area contributed by atoms with Gasteiger partial charge in [-0.1, -0.05) is 13.0 Å². The summed E-state index contributed by atoms with van der Waals surface area (Å²) in [6, 6.07) is 6.01. The molecule has 1 aromatic heterocycles. The molecule has 0 spiro atoms. The van der Waals surface area contributed by atoms with Crippen molar-refractivity contribution in [3.05, 3.63) is 35.2 Å². The molecule has 0 aliphatic rings. The molecule has 0 saturated carbocycles. The van der Waals surface area contributed by atoms with E-state index < -0.39 is 0 Å². The highest BCUT2D eigenvalue weighted by Crippen LogP contribution is 2.39. The highest BCUT2D eigenvalue weighted by molar-refractivity contribution is 5.55. The number of hydrogen-bond donors (Lipinski definition) is 1. The summed E-state index contributed by atoms with van der Waals surface area (Å²) in [5, 5.41) is 8.02. The van der Waals surface area contributed by atoms with Gasteiger partial charge in [0.15, 0.2) is 11.5 Å². The van der Waals surface area contributed by atoms with Gasteiger partial charge in [0.2, 0.25) is 5.75 Å². The average molecular weight is 347 g/mol. The molecule has 0 unspecified atom stereocenters. The van der Waals surface area contributed by atoms with Crippen LogP contribution in [0.15, 0.2) is 18.2 Å². The standard InChI is InChI=1S/C19H29N3O3/c1-13(12-22-15(3)9-14(2)21-22)10-20-11-16-7-8-17(23-4)19(25-6)18(16)24-5/h7-9,13,20H,10-12H2,1-6H3/t13-/m0/s1. The Kier molecular flexibility index (Phi) is 6.70. The molecule has 0 aliphatic carbocycles. The second kappa shape index (κ2) is 8.76. The zero-order chi connectivity index (χ0) is 18.4. The quantitative estimate of drug-likeness (QED) is 0.756. The first-order valence-electron chi connectivity index (χ1n) is 8.49. The Morgan fingerprint density at radius 3 is 2.36 bits per heavy atom. The number of aromatic nitrogens is 2. The van der Waals surface area contributed by atoms with Gasteiger partial charge in [-0.2, -0.15) is 5.10 Å². The second-order valence-corrected chi connectivity index (χ2v) is 6.34. The van der Waals surface area contributed by atoms with E-state index in [-0.39, 0.29) is 0 Å². The van der Waals surface area contributed by atoms with Gasteiger partial charge in [0.05, 0.1) is 27.0 Å². The number of ether oxygens (including phenoxy) is 3. The molecular formula is C19H29N3O3. The normalized spacial score (nSPS) is 12.1. The number of hydrogen-bond acceptors (Lipinski definition) is 5. The van der Waals surface area contributed by atoms with E-state index in [1.54, 1.807) is 21.3 Å². The van der Waals surface area contributed by atoms with E-state index >= 15 is 0 Å². The molecule has 0 amide bonds. The zero-order valence-electron chi connectivity index (χ0n) is 16.0. The molecule has 6 heteroatoms. The summed E-state index contributed by atoms with van der Waals surface area (Å²) in [5.74, 6) is 2.46. The number of nitrogens with zero attached hydrogens (tertiary/aromatic N) is 2. The fraction of sp³-hybridized carbons (Fsp3) is 0.526. The monoisotopic (exact) mass is 347 g/mol. The van der Waals surface area contributed by atoms with Gasteiger partial charge in [0.1, 0.15) is 0 Å². The fourth-order valence-electron chi connectivity index (χ4n) is 2.98. The van der Waals surface area contributed by atoms with Crippen molar-refractivity contribution in [2.75, 3.05) is 27.9 Å². The first kappa shape index (κ1) is 19.1. The molecular weight excluding hydrogens is 318 g/mol. The van der Waals surface area contributed by atoms with E-state index in [9.17, 15) is 0 Å². The van der Waals surface area contributed by atoms with Gasteiger partial charge in [-0.15, -0.1) is 0 Å². The van der Waals surface area contributed by atoms with Crippen molar-refractivity contribution in [2.24, 2.45) is 5.92 Å². The van der Waals surface area contributed by atoms with Gasteiger partial charge in [-0.3, -0.25) is 4.68 Å². The second-order valence-electron chi connectivity index (χ2n) is 6.34. The third kappa shape index (κ3) is 4.66. The van der Waals surface area contributed by atoms with Crippen molar-refractivity contribution in [1.82, 2.24) is 15.1 Å². The molecule has 25 heavy (non-hydrogen) atoms. The minimum atomic E-state index is 0.462. The Morgan fingerprint density at radius 1 is 1.08 bits per heavy atom. The van der Waals surface area contributed by atoms with Crippen molar-refractivity contribution >= 4 is 0 Å². The lowest BCUT2D eigenvalue weighted by atomic mass is 10.1. The molecule has 0 aliphatic heterocycles. The molecule has 0 bridgehead atoms. The van der Waals surface area contributed by atoms with Crippen LogP contribution < -0.4 is 19.5 Å². The molecule has 0 radical (unpaired) electrons. The van der Waals surface area contributed by atoms with Gasteiger partial charge in [-0.05, 0) is 38.4 Å². The van der Waals surface area contributed by atoms with Crippen LogP contribution in [-0.4, -0.2) is 37.7 Å². The van der Waals surface area contributed by atoms with E-state index in [4.69, 9.17) is 14.2 Å². The van der Waals surface area contributed by atoms with Crippen molar-refractivity contribution < 1.29 is 14.2 Å². The van der Waals surface area contributed by atoms with E-state index in [1.165, 1.54) is 5.69 Å². The first-order chi connectivity index (χ1) is 12.0. The first-order valence-corrected chi connectivity index (χ1v) is 8.49. The Labute approximate surface area is 150 Å². The minimum absolute atomic E-state index is 0.462. The third-order valence-electron chi connectivity index (χ3n) is 4.18. The maximum absolute atomic E-state index is 5.52. The van der Waals surface area contributed by atoms with E-state index in [0.29, 0.717) is 29.7 Å². The molecule has 6 nitrogen and oxygen atoms in total. The minimum Gasteiger partial charge on any atom is -0.493 e. The number of nitrogens with one attached hydrogen (secondary N) is 1. The smallest absolute Gasteiger partial charge is 0.203 e. The topological polar surface area (TPSA) is 57.5 Å². The van der Waals surface area contributed by atoms with Crippen molar-refractivity contribution in [3.8, 4) is 17.2 Å². The number of methoxy groups -OCH3 is 3. The SMILES string of the molecule is COc1ccc(CNC[C@H](C)Cn2nc(C)cc2C)c(OC)c1OC. The van der Waals surface area contributed by atoms with Gasteiger partial charge in [-0.25, -0.2) is 0 Å². The van der Waals surface area contributed by atoms with Gasteiger partial charge in [0.25, 0.3) is 0 Å². The van der Waals surface area contributed by atoms with Gasteiger partial charge < -0.3 is 19.5 Å². The summed E-state index contributed by atoms with van der Waals surface area (Å²) in [5.41, 5.74) is 3.30. The predicted molar refractivity (Wildman–Crippen MR) is 98.7 cm³/mol. The summed E-state index contributed by atoms with van der Waals surface area (Å²) in [4.78, 5) is 0. The van der Waals surface area contributed by atoms with Crippen molar-refractivity contribution in [3.63, 3.8) is 0 Å². The van der Waals surface area contributed by atoms with E-state index in [1.807, 2.05) is 19.1 Å². The number of benzene rings is 1. The number of aryl methyl sites for hydroxylation is 2. The van der Waals surface area contributed by atoms with Crippen LogP contribution in [0.25, 0.3) is 0 Å². The molecule has 1 N–H and O–H groups in total. The molecule has 1 aromatic carbocycles. The molecule has 2 aromatic rings. The zero-order valence-corrected chi connectivity index (χ0v) is 16.0. The third-order valence-corrected chi connectivity index (χ3v) is 4.18. The van der Waals surface area contributed by atoms with Gasteiger partial charge in [0, 0.05) is 24.3 Å². The summed E-state index contributed by atoms with van der Waals surface area (Å²) < 4.78 is 18.3. The molecule has 0 saturated heterocycles. The van der Waals surface area contributed by atoms with E-state index in [2.05, 4.69) is 35.0 Å². The lowest BCUT2D eigenvalue weighted by Crippen LogP contribution is -2.24. The Balaban J connectivity index is 1.96. The van der Waals surface area contributed by atoms with Gasteiger partial charge >= 0.3 is 0 Å². The number of rotatable bonds is 9. The summed E-state index contributed by atoms with van der Waals surface area (Å²) in [6.45, 7) is 8.82. The highest BCUT2D eigenvalue weighted by Gasteiger charge is 2.15. The van der Waals surface area contributed by atoms with Crippen LogP contribution in [0, 0.1) is 19.8 Å². The Bertz CT molecular complexity index is 697. The summed E-state index contributed by atoms with van der Waals surface area (Å²) in [6.07, 6.45) is 0. The largest absolute Gasteiger partial charge is 0.493 e. The maximum Gasteiger partial charge on any atom is 0.203 e. The van der Waals surface area contributed by atoms with Crippen LogP contribution in [0.2, 0.25) is 0 Å². The van der Waals surface area contributed by atoms with Crippen LogP contribution in [0.1, 0.15) is 23.9 Å². The Hall–Kier alpha value is -2.21. The predicted octanol–water partition coefficient (Wildman–Crippen LogP) is 2.95. The summed E-state index contributed by atoms with van der Waals surface area (Å²) in [7, 11) is 4.89. The lowest BCUT2D eigenvalue weighted by molar-refractivity contribution is 0.321. The Morgan fingerprint density at radius 2 is 1.80 bits per heavy atom. The fourth-order valence-corrected chi connectivity index (χ4v) is 2.98. The highest BCUT2D eigenvalue weighted by atomic mass is 16.5. The molecule has 0 fully saturated rings. The van der Waals surface area contributed by atoms with Crippen LogP contribution >= 0.6 is 0 Å². The van der Waals surface area contributed by atoms with Crippen molar-refractivity contribution in [1.29, 1.82) is 0 Å². The van der Waals surface area contributed by atoms with Crippen LogP contribution in [0.5, 0.6) is 17.2 Å². The molecule has 1 atom stereocenters. The summed E-state index contributed by atoms with van der Waals surface area (Å²) >= 11 is 0. The van der Waals surface area contributed by atoms with Crippen LogP contribution in [0.3, 0.4) is 0 Å². The van der Waals surface area contributed by atoms with Crippen LogP contribution in [0.4, 0.5) is 0 Å². The lowest BCUT2D eigenvalue weighted by Gasteiger charge is -2.17. The van der Waals surface area contributed by atoms with Crippen LogP contribution in [-0.2, 0) is 13.1 Å². The van der Waals surface area contributed by atoms with Crippen molar-refractivity contribution in [2.45, 2.75) is 33.9 Å². The van der Waals surface area contributed by atoms with E-state index in [0.717, 1.165) is 24.3 Å². The molecule has 2 rings (SSSR count). The molecule has 138 valence electrons. The maximum atomic E-state index is 5.52. The average Bonchev–Trinajstić information content (AvgIpc) is 2.91. The molecule has 1 heterocycles.